The van der Waals surface area contributed by atoms with Crippen LogP contribution in [0, 0.1) is 11.8 Å². The second-order valence-corrected chi connectivity index (χ2v) is 5.53. The van der Waals surface area contributed by atoms with E-state index in [-0.39, 0.29) is 0 Å². The van der Waals surface area contributed by atoms with Gasteiger partial charge in [-0.3, -0.25) is 0 Å². The number of hydrogen-bond acceptors (Lipinski definition) is 3. The molecule has 0 amide bonds. The first-order chi connectivity index (χ1) is 10.4. The molecule has 0 saturated carbocycles. The number of rotatable bonds is 6. The van der Waals surface area contributed by atoms with Gasteiger partial charge in [0.25, 0.3) is 0 Å². The van der Waals surface area contributed by atoms with E-state index in [1.807, 2.05) is 42.1 Å². The molecule has 0 bridgehead atoms. The lowest BCUT2D eigenvalue weighted by atomic mass is 10.2. The largest absolute Gasteiger partial charge is 0.493 e. The van der Waals surface area contributed by atoms with Crippen molar-refractivity contribution in [1.82, 2.24) is 0 Å². The van der Waals surface area contributed by atoms with Gasteiger partial charge in [0.05, 0.1) is 13.2 Å². The number of nitrogens with two attached hydrogens (primary N) is 1. The molecule has 0 fully saturated rings. The molecule has 0 atom stereocenters. The van der Waals surface area contributed by atoms with Gasteiger partial charge in [0.1, 0.15) is 5.75 Å². The summed E-state index contributed by atoms with van der Waals surface area (Å²) in [6.07, 6.45) is 0. The quantitative estimate of drug-likeness (QED) is 0.656. The van der Waals surface area contributed by atoms with Crippen LogP contribution in [-0.2, 0) is 5.75 Å². The SMILES string of the molecule is NCC#Cc1cccc(OCCSCc2ccccc2)c1. The minimum Gasteiger partial charge on any atom is -0.493 e. The van der Waals surface area contributed by atoms with Crippen LogP contribution in [0.15, 0.2) is 54.6 Å². The molecule has 0 aliphatic rings. The number of thioether (sulfide) groups is 1. The minimum atomic E-state index is 0.376. The Morgan fingerprint density at radius 3 is 2.71 bits per heavy atom. The van der Waals surface area contributed by atoms with Crippen molar-refractivity contribution in [2.45, 2.75) is 5.75 Å². The van der Waals surface area contributed by atoms with Gasteiger partial charge in [0.2, 0.25) is 0 Å². The normalized spacial score (nSPS) is 9.76. The number of ether oxygens (including phenoxy) is 1. The zero-order chi connectivity index (χ0) is 14.8. The molecule has 0 unspecified atom stereocenters. The van der Waals surface area contributed by atoms with Gasteiger partial charge in [0, 0.05) is 17.1 Å². The van der Waals surface area contributed by atoms with Crippen molar-refractivity contribution in [2.75, 3.05) is 18.9 Å². The summed E-state index contributed by atoms with van der Waals surface area (Å²) in [4.78, 5) is 0. The predicted octanol–water partition coefficient (Wildman–Crippen LogP) is 3.31. The van der Waals surface area contributed by atoms with Crippen LogP contribution >= 0.6 is 11.8 Å². The molecule has 2 N–H and O–H groups in total. The molecule has 0 saturated heterocycles. The standard InChI is InChI=1S/C18H19NOS/c19-11-5-9-16-8-4-10-18(14-16)20-12-13-21-15-17-6-2-1-3-7-17/h1-4,6-8,10,14H,11-13,15,19H2. The van der Waals surface area contributed by atoms with Crippen molar-refractivity contribution >= 4 is 11.8 Å². The van der Waals surface area contributed by atoms with Crippen molar-refractivity contribution in [3.8, 4) is 17.6 Å². The summed E-state index contributed by atoms with van der Waals surface area (Å²) < 4.78 is 5.74. The molecular formula is C18H19NOS. The molecular weight excluding hydrogens is 278 g/mol. The third-order valence-electron chi connectivity index (χ3n) is 2.78. The lowest BCUT2D eigenvalue weighted by Gasteiger charge is -2.06. The van der Waals surface area contributed by atoms with E-state index in [0.29, 0.717) is 13.2 Å². The van der Waals surface area contributed by atoms with Crippen LogP contribution < -0.4 is 10.5 Å². The first kappa shape index (κ1) is 15.5. The van der Waals surface area contributed by atoms with E-state index in [0.717, 1.165) is 22.8 Å². The molecule has 0 aromatic heterocycles. The summed E-state index contributed by atoms with van der Waals surface area (Å²) in [5.41, 5.74) is 7.66. The summed E-state index contributed by atoms with van der Waals surface area (Å²) in [7, 11) is 0. The molecule has 2 rings (SSSR count). The fourth-order valence-corrected chi connectivity index (χ4v) is 2.57. The Balaban J connectivity index is 1.71. The Hall–Kier alpha value is -1.89. The Kier molecular flexibility index (Phi) is 6.73. The summed E-state index contributed by atoms with van der Waals surface area (Å²) >= 11 is 1.87. The van der Waals surface area contributed by atoms with E-state index in [1.54, 1.807) is 0 Å². The molecule has 0 heterocycles. The molecule has 21 heavy (non-hydrogen) atoms. The van der Waals surface area contributed by atoms with Crippen LogP contribution in [0.2, 0.25) is 0 Å². The maximum atomic E-state index is 5.74. The maximum Gasteiger partial charge on any atom is 0.120 e. The predicted molar refractivity (Wildman–Crippen MR) is 90.5 cm³/mol. The van der Waals surface area contributed by atoms with E-state index in [4.69, 9.17) is 10.5 Å². The Morgan fingerprint density at radius 1 is 1.05 bits per heavy atom. The highest BCUT2D eigenvalue weighted by Crippen LogP contribution is 2.15. The second-order valence-electron chi connectivity index (χ2n) is 4.42. The lowest BCUT2D eigenvalue weighted by molar-refractivity contribution is 0.344. The Morgan fingerprint density at radius 2 is 1.90 bits per heavy atom. The monoisotopic (exact) mass is 297 g/mol. The molecule has 0 aliphatic heterocycles. The van der Waals surface area contributed by atoms with E-state index >= 15 is 0 Å². The highest BCUT2D eigenvalue weighted by atomic mass is 32.2. The fourth-order valence-electron chi connectivity index (χ4n) is 1.80. The van der Waals surface area contributed by atoms with E-state index < -0.39 is 0 Å². The zero-order valence-electron chi connectivity index (χ0n) is 11.9. The lowest BCUT2D eigenvalue weighted by Crippen LogP contribution is -2.00. The van der Waals surface area contributed by atoms with Gasteiger partial charge in [-0.15, -0.1) is 0 Å². The van der Waals surface area contributed by atoms with Gasteiger partial charge in [-0.05, 0) is 23.8 Å². The molecule has 0 aliphatic carbocycles. The average Bonchev–Trinajstić information content (AvgIpc) is 2.54. The van der Waals surface area contributed by atoms with Crippen LogP contribution in [0.3, 0.4) is 0 Å². The Labute approximate surface area is 130 Å². The fraction of sp³-hybridized carbons (Fsp3) is 0.222. The van der Waals surface area contributed by atoms with Crippen LogP contribution in [0.5, 0.6) is 5.75 Å². The summed E-state index contributed by atoms with van der Waals surface area (Å²) in [5.74, 6) is 8.70. The third kappa shape index (κ3) is 5.95. The van der Waals surface area contributed by atoms with Crippen molar-refractivity contribution in [3.05, 3.63) is 65.7 Å². The first-order valence-electron chi connectivity index (χ1n) is 6.92. The topological polar surface area (TPSA) is 35.2 Å². The zero-order valence-corrected chi connectivity index (χ0v) is 12.7. The molecule has 0 spiro atoms. The minimum absolute atomic E-state index is 0.376. The summed E-state index contributed by atoms with van der Waals surface area (Å²) in [6.45, 7) is 1.08. The van der Waals surface area contributed by atoms with Crippen LogP contribution in [0.4, 0.5) is 0 Å². The molecule has 0 radical (unpaired) electrons. The van der Waals surface area contributed by atoms with Crippen molar-refractivity contribution in [3.63, 3.8) is 0 Å². The van der Waals surface area contributed by atoms with Gasteiger partial charge in [-0.25, -0.2) is 0 Å². The van der Waals surface area contributed by atoms with Gasteiger partial charge in [-0.2, -0.15) is 11.8 Å². The van der Waals surface area contributed by atoms with Crippen molar-refractivity contribution in [2.24, 2.45) is 5.73 Å². The first-order valence-corrected chi connectivity index (χ1v) is 8.07. The summed E-state index contributed by atoms with van der Waals surface area (Å²) in [6, 6.07) is 18.3. The third-order valence-corrected chi connectivity index (χ3v) is 3.77. The van der Waals surface area contributed by atoms with Gasteiger partial charge in [-0.1, -0.05) is 48.2 Å². The molecule has 3 heteroatoms. The molecule has 2 aromatic rings. The Bertz CT molecular complexity index is 601. The van der Waals surface area contributed by atoms with Crippen LogP contribution in [0.1, 0.15) is 11.1 Å². The van der Waals surface area contributed by atoms with Crippen molar-refractivity contribution in [1.29, 1.82) is 0 Å². The highest BCUT2D eigenvalue weighted by Gasteiger charge is 1.96. The average molecular weight is 297 g/mol. The summed E-state index contributed by atoms with van der Waals surface area (Å²) in [5, 5.41) is 0. The van der Waals surface area contributed by atoms with Gasteiger partial charge in [0.15, 0.2) is 0 Å². The van der Waals surface area contributed by atoms with E-state index in [2.05, 4.69) is 36.1 Å². The molecule has 2 nitrogen and oxygen atoms in total. The second kappa shape index (κ2) is 9.12. The molecule has 2 aromatic carbocycles. The highest BCUT2D eigenvalue weighted by molar-refractivity contribution is 7.98. The van der Waals surface area contributed by atoms with Crippen LogP contribution in [-0.4, -0.2) is 18.9 Å². The smallest absolute Gasteiger partial charge is 0.120 e. The maximum absolute atomic E-state index is 5.74. The van der Waals surface area contributed by atoms with Crippen LogP contribution in [0.25, 0.3) is 0 Å². The van der Waals surface area contributed by atoms with Gasteiger partial charge >= 0.3 is 0 Å². The van der Waals surface area contributed by atoms with E-state index in [9.17, 15) is 0 Å². The van der Waals surface area contributed by atoms with Crippen molar-refractivity contribution < 1.29 is 4.74 Å². The molecule has 108 valence electrons. The number of benzene rings is 2. The van der Waals surface area contributed by atoms with Gasteiger partial charge < -0.3 is 10.5 Å². The number of hydrogen-bond donors (Lipinski definition) is 1. The van der Waals surface area contributed by atoms with E-state index in [1.165, 1.54) is 5.56 Å².